The van der Waals surface area contributed by atoms with E-state index in [9.17, 15) is 4.79 Å². The Morgan fingerprint density at radius 1 is 0.913 bits per heavy atom. The van der Waals surface area contributed by atoms with Gasteiger partial charge in [-0.1, -0.05) is 45.1 Å². The normalized spacial score (nSPS) is 27.7. The fraction of sp³-hybridized carbons (Fsp3) is 0.850. The molecule has 1 heterocycles. The average Bonchev–Trinajstić information content (AvgIpc) is 3.16. The highest BCUT2D eigenvalue weighted by molar-refractivity contribution is 5.81. The van der Waals surface area contributed by atoms with Crippen LogP contribution in [0, 0.1) is 11.8 Å². The lowest BCUT2D eigenvalue weighted by molar-refractivity contribution is -0.205. The molecule has 1 atom stereocenters. The number of carbonyl (C=O) groups excluding carboxylic acids is 1. The van der Waals surface area contributed by atoms with E-state index in [1.165, 1.54) is 70.3 Å². The summed E-state index contributed by atoms with van der Waals surface area (Å²) in [5.74, 6) is 0.675. The molecule has 130 valence electrons. The van der Waals surface area contributed by atoms with Crippen molar-refractivity contribution in [2.24, 2.45) is 11.8 Å². The van der Waals surface area contributed by atoms with Gasteiger partial charge in [-0.2, -0.15) is 0 Å². The molecule has 1 unspecified atom stereocenters. The molecule has 1 saturated heterocycles. The van der Waals surface area contributed by atoms with Gasteiger partial charge >= 0.3 is 5.97 Å². The van der Waals surface area contributed by atoms with Gasteiger partial charge in [0, 0.05) is 24.5 Å². The molecule has 0 aromatic heterocycles. The Morgan fingerprint density at radius 2 is 1.48 bits per heavy atom. The van der Waals surface area contributed by atoms with Crippen LogP contribution in [0.25, 0.3) is 0 Å². The van der Waals surface area contributed by atoms with Crippen LogP contribution in [-0.2, 0) is 14.3 Å². The quantitative estimate of drug-likeness (QED) is 0.539. The van der Waals surface area contributed by atoms with E-state index in [4.69, 9.17) is 9.47 Å². The summed E-state index contributed by atoms with van der Waals surface area (Å²) in [6.07, 6.45) is 16.0. The van der Waals surface area contributed by atoms with E-state index < -0.39 is 5.60 Å². The Balaban J connectivity index is 1.94. The van der Waals surface area contributed by atoms with E-state index in [2.05, 4.69) is 6.58 Å². The average molecular weight is 320 g/mol. The first kappa shape index (κ1) is 17.0. The lowest BCUT2D eigenvalue weighted by Gasteiger charge is -2.50. The summed E-state index contributed by atoms with van der Waals surface area (Å²) in [4.78, 5) is 12.3. The number of rotatable bonds is 5. The van der Waals surface area contributed by atoms with Gasteiger partial charge in [0.15, 0.2) is 0 Å². The third kappa shape index (κ3) is 3.50. The summed E-state index contributed by atoms with van der Waals surface area (Å²) in [5.41, 5.74) is -0.400. The maximum absolute atomic E-state index is 12.3. The highest BCUT2D eigenvalue weighted by atomic mass is 16.6. The fourth-order valence-electron chi connectivity index (χ4n) is 5.35. The third-order valence-electron chi connectivity index (χ3n) is 6.36. The van der Waals surface area contributed by atoms with Crippen molar-refractivity contribution in [2.75, 3.05) is 6.61 Å². The van der Waals surface area contributed by atoms with Crippen LogP contribution in [0.5, 0.6) is 0 Å². The number of carbonyl (C=O) groups is 1. The molecule has 3 fully saturated rings. The zero-order valence-corrected chi connectivity index (χ0v) is 14.4. The van der Waals surface area contributed by atoms with Crippen molar-refractivity contribution in [3.05, 3.63) is 12.7 Å². The van der Waals surface area contributed by atoms with Crippen LogP contribution in [0.15, 0.2) is 12.7 Å². The van der Waals surface area contributed by atoms with Gasteiger partial charge in [0.2, 0.25) is 0 Å². The van der Waals surface area contributed by atoms with Gasteiger partial charge < -0.3 is 9.47 Å². The molecule has 0 radical (unpaired) electrons. The summed E-state index contributed by atoms with van der Waals surface area (Å²) >= 11 is 0. The van der Waals surface area contributed by atoms with Crippen molar-refractivity contribution >= 4 is 5.97 Å². The SMILES string of the molecule is C=CC(=O)OC(C1CCCCC1)(C1CCCCC1)C1CCCO1. The van der Waals surface area contributed by atoms with Crippen molar-refractivity contribution in [2.45, 2.75) is 88.8 Å². The Bertz CT molecular complexity index is 381. The van der Waals surface area contributed by atoms with E-state index in [1.807, 2.05) is 0 Å². The maximum atomic E-state index is 12.3. The van der Waals surface area contributed by atoms with Crippen LogP contribution in [0.3, 0.4) is 0 Å². The van der Waals surface area contributed by atoms with Crippen LogP contribution >= 0.6 is 0 Å². The van der Waals surface area contributed by atoms with Gasteiger partial charge in [0.25, 0.3) is 0 Å². The molecule has 0 aromatic rings. The van der Waals surface area contributed by atoms with Gasteiger partial charge in [0.05, 0.1) is 6.10 Å². The Kier molecular flexibility index (Phi) is 5.79. The molecule has 3 rings (SSSR count). The minimum atomic E-state index is -0.400. The van der Waals surface area contributed by atoms with Crippen molar-refractivity contribution in [3.63, 3.8) is 0 Å². The molecule has 23 heavy (non-hydrogen) atoms. The summed E-state index contributed by atoms with van der Waals surface area (Å²) < 4.78 is 12.4. The molecule has 2 saturated carbocycles. The zero-order chi connectivity index (χ0) is 16.1. The van der Waals surface area contributed by atoms with E-state index in [0.29, 0.717) is 11.8 Å². The summed E-state index contributed by atoms with van der Waals surface area (Å²) in [6, 6.07) is 0. The molecule has 1 aliphatic heterocycles. The Labute approximate surface area is 140 Å². The van der Waals surface area contributed by atoms with Gasteiger partial charge in [-0.3, -0.25) is 0 Å². The second-order valence-corrected chi connectivity index (χ2v) is 7.65. The minimum absolute atomic E-state index is 0.0950. The lowest BCUT2D eigenvalue weighted by atomic mass is 9.63. The molecule has 0 N–H and O–H groups in total. The molecule has 0 bridgehead atoms. The number of esters is 1. The lowest BCUT2D eigenvalue weighted by Crippen LogP contribution is -2.58. The predicted octanol–water partition coefficient (Wildman–Crippen LogP) is 4.79. The van der Waals surface area contributed by atoms with Crippen LogP contribution in [0.2, 0.25) is 0 Å². The van der Waals surface area contributed by atoms with Crippen LogP contribution < -0.4 is 0 Å². The molecule has 2 aliphatic carbocycles. The molecule has 0 aromatic carbocycles. The molecule has 0 spiro atoms. The molecular weight excluding hydrogens is 288 g/mol. The van der Waals surface area contributed by atoms with Crippen molar-refractivity contribution < 1.29 is 14.3 Å². The molecule has 3 nitrogen and oxygen atoms in total. The number of hydrogen-bond acceptors (Lipinski definition) is 3. The van der Waals surface area contributed by atoms with E-state index in [-0.39, 0.29) is 12.1 Å². The smallest absolute Gasteiger partial charge is 0.330 e. The van der Waals surface area contributed by atoms with Crippen LogP contribution in [0.4, 0.5) is 0 Å². The van der Waals surface area contributed by atoms with Gasteiger partial charge in [-0.15, -0.1) is 0 Å². The molecule has 3 heteroatoms. The molecule has 3 aliphatic rings. The van der Waals surface area contributed by atoms with Crippen LogP contribution in [0.1, 0.15) is 77.0 Å². The van der Waals surface area contributed by atoms with E-state index in [0.717, 1.165) is 19.4 Å². The number of hydrogen-bond donors (Lipinski definition) is 0. The number of ether oxygens (including phenoxy) is 2. The van der Waals surface area contributed by atoms with Crippen molar-refractivity contribution in [1.29, 1.82) is 0 Å². The van der Waals surface area contributed by atoms with E-state index >= 15 is 0 Å². The second-order valence-electron chi connectivity index (χ2n) is 7.65. The predicted molar refractivity (Wildman–Crippen MR) is 91.1 cm³/mol. The van der Waals surface area contributed by atoms with Gasteiger partial charge in [0.1, 0.15) is 5.60 Å². The standard InChI is InChI=1S/C20H32O3/c1-2-19(21)23-20(18-14-9-15-22-18,16-10-5-3-6-11-16)17-12-7-4-8-13-17/h2,16-18H,1,3-15H2. The van der Waals surface area contributed by atoms with Crippen molar-refractivity contribution in [3.8, 4) is 0 Å². The van der Waals surface area contributed by atoms with E-state index in [1.54, 1.807) is 0 Å². The summed E-state index contributed by atoms with van der Waals surface area (Å²) in [6.45, 7) is 4.46. The first-order chi connectivity index (χ1) is 11.3. The molecular formula is C20H32O3. The first-order valence-electron chi connectivity index (χ1n) is 9.74. The minimum Gasteiger partial charge on any atom is -0.453 e. The topological polar surface area (TPSA) is 35.5 Å². The summed E-state index contributed by atoms with van der Waals surface area (Å²) in [5, 5.41) is 0. The highest BCUT2D eigenvalue weighted by Gasteiger charge is 2.55. The fourth-order valence-corrected chi connectivity index (χ4v) is 5.35. The maximum Gasteiger partial charge on any atom is 0.330 e. The van der Waals surface area contributed by atoms with Gasteiger partial charge in [-0.05, 0) is 38.5 Å². The summed E-state index contributed by atoms with van der Waals surface area (Å²) in [7, 11) is 0. The highest BCUT2D eigenvalue weighted by Crippen LogP contribution is 2.50. The van der Waals surface area contributed by atoms with Crippen LogP contribution in [-0.4, -0.2) is 24.3 Å². The Morgan fingerprint density at radius 3 is 1.91 bits per heavy atom. The zero-order valence-electron chi connectivity index (χ0n) is 14.4. The second kappa shape index (κ2) is 7.83. The van der Waals surface area contributed by atoms with Gasteiger partial charge in [-0.25, -0.2) is 4.79 Å². The first-order valence-corrected chi connectivity index (χ1v) is 9.74. The third-order valence-corrected chi connectivity index (χ3v) is 6.36. The molecule has 0 amide bonds. The monoisotopic (exact) mass is 320 g/mol. The largest absolute Gasteiger partial charge is 0.453 e. The Hall–Kier alpha value is -0.830. The van der Waals surface area contributed by atoms with Crippen molar-refractivity contribution in [1.82, 2.24) is 0 Å².